The topological polar surface area (TPSA) is 73.8 Å². The van der Waals surface area contributed by atoms with Crippen LogP contribution in [-0.2, 0) is 37.9 Å². The Morgan fingerprint density at radius 3 is 1.07 bits per heavy atom. The second-order valence-electron chi connectivity index (χ2n) is 6.48. The van der Waals surface area contributed by atoms with Gasteiger partial charge in [0.05, 0.1) is 91.5 Å². The molecule has 0 aromatic heterocycles. The predicted octanol–water partition coefficient (Wildman–Crippen LogP) is 2.57. The molecule has 0 aromatic rings. The lowest BCUT2D eigenvalue weighted by atomic mass is 10.5. The van der Waals surface area contributed by atoms with E-state index in [1.54, 1.807) is 7.11 Å². The summed E-state index contributed by atoms with van der Waals surface area (Å²) in [4.78, 5) is 0. The van der Waals surface area contributed by atoms with Gasteiger partial charge >= 0.3 is 0 Å². The van der Waals surface area contributed by atoms with Crippen molar-refractivity contribution in [3.05, 3.63) is 0 Å². The van der Waals surface area contributed by atoms with Crippen LogP contribution in [0.4, 0.5) is 0 Å². The molecule has 8 heteroatoms. The van der Waals surface area contributed by atoms with E-state index in [-0.39, 0.29) is 12.2 Å². The van der Waals surface area contributed by atoms with Gasteiger partial charge in [-0.05, 0) is 34.6 Å². The first kappa shape index (κ1) is 30.9. The van der Waals surface area contributed by atoms with Gasteiger partial charge in [0.15, 0.2) is 0 Å². The van der Waals surface area contributed by atoms with E-state index in [1.165, 1.54) is 0 Å². The Morgan fingerprint density at radius 1 is 0.448 bits per heavy atom. The molecule has 0 rings (SSSR count). The molecule has 0 aliphatic carbocycles. The van der Waals surface area contributed by atoms with E-state index in [9.17, 15) is 0 Å². The average molecular weight is 427 g/mol. The SMILES string of the molecule is CCOCCOCCOCCOC(C)C.COCCOCCOCCOC(C)C. The summed E-state index contributed by atoms with van der Waals surface area (Å²) >= 11 is 0. The van der Waals surface area contributed by atoms with Crippen LogP contribution in [-0.4, -0.2) is 105 Å². The van der Waals surface area contributed by atoms with E-state index in [2.05, 4.69) is 0 Å². The number of rotatable bonds is 21. The number of hydrogen-bond donors (Lipinski definition) is 0. The van der Waals surface area contributed by atoms with Gasteiger partial charge in [0.1, 0.15) is 0 Å². The third-order valence-electron chi connectivity index (χ3n) is 3.11. The Hall–Kier alpha value is -0.320. The number of hydrogen-bond acceptors (Lipinski definition) is 8. The molecular formula is C21H46O8. The van der Waals surface area contributed by atoms with Crippen molar-refractivity contribution in [3.63, 3.8) is 0 Å². The summed E-state index contributed by atoms with van der Waals surface area (Å²) in [6, 6.07) is 0. The van der Waals surface area contributed by atoms with Crippen LogP contribution < -0.4 is 0 Å². The molecule has 0 bridgehead atoms. The van der Waals surface area contributed by atoms with E-state index >= 15 is 0 Å². The molecule has 0 atom stereocenters. The quantitative estimate of drug-likeness (QED) is 0.259. The van der Waals surface area contributed by atoms with Crippen molar-refractivity contribution < 1.29 is 37.9 Å². The van der Waals surface area contributed by atoms with Gasteiger partial charge in [-0.1, -0.05) is 0 Å². The summed E-state index contributed by atoms with van der Waals surface area (Å²) in [5.41, 5.74) is 0. The summed E-state index contributed by atoms with van der Waals surface area (Å²) in [7, 11) is 1.66. The third kappa shape index (κ3) is 35.5. The average Bonchev–Trinajstić information content (AvgIpc) is 2.68. The lowest BCUT2D eigenvalue weighted by Crippen LogP contribution is -2.13. The van der Waals surface area contributed by atoms with Crippen molar-refractivity contribution in [1.82, 2.24) is 0 Å². The second-order valence-corrected chi connectivity index (χ2v) is 6.48. The van der Waals surface area contributed by atoms with Gasteiger partial charge in [-0.3, -0.25) is 0 Å². The highest BCUT2D eigenvalue weighted by Gasteiger charge is 1.94. The summed E-state index contributed by atoms with van der Waals surface area (Å²) in [6.45, 7) is 18.3. The summed E-state index contributed by atoms with van der Waals surface area (Å²) in [6.07, 6.45) is 0.549. The molecule has 0 saturated heterocycles. The van der Waals surface area contributed by atoms with Crippen LogP contribution in [0.1, 0.15) is 34.6 Å². The smallest absolute Gasteiger partial charge is 0.0703 e. The van der Waals surface area contributed by atoms with E-state index in [1.807, 2.05) is 34.6 Å². The minimum atomic E-state index is 0.274. The summed E-state index contributed by atoms with van der Waals surface area (Å²) in [5, 5.41) is 0. The lowest BCUT2D eigenvalue weighted by Gasteiger charge is -2.08. The van der Waals surface area contributed by atoms with Crippen LogP contribution in [0.5, 0.6) is 0 Å². The highest BCUT2D eigenvalue weighted by Crippen LogP contribution is 1.88. The van der Waals surface area contributed by atoms with Crippen molar-refractivity contribution in [2.75, 3.05) is 93.0 Å². The van der Waals surface area contributed by atoms with Crippen LogP contribution in [0.3, 0.4) is 0 Å². The predicted molar refractivity (Wildman–Crippen MR) is 114 cm³/mol. The van der Waals surface area contributed by atoms with E-state index in [4.69, 9.17) is 37.9 Å². The molecule has 29 heavy (non-hydrogen) atoms. The Morgan fingerprint density at radius 2 is 0.759 bits per heavy atom. The van der Waals surface area contributed by atoms with Crippen LogP contribution >= 0.6 is 0 Å². The monoisotopic (exact) mass is 426 g/mol. The van der Waals surface area contributed by atoms with Crippen molar-refractivity contribution in [2.45, 2.75) is 46.8 Å². The molecule has 0 aliphatic rings. The first-order chi connectivity index (χ1) is 14.0. The first-order valence-electron chi connectivity index (χ1n) is 10.6. The fraction of sp³-hybridized carbons (Fsp3) is 1.00. The van der Waals surface area contributed by atoms with Gasteiger partial charge in [-0.25, -0.2) is 0 Å². The molecule has 178 valence electrons. The molecule has 0 heterocycles. The molecule has 0 aromatic carbocycles. The van der Waals surface area contributed by atoms with E-state index in [0.29, 0.717) is 79.3 Å². The fourth-order valence-corrected chi connectivity index (χ4v) is 1.73. The van der Waals surface area contributed by atoms with Crippen molar-refractivity contribution in [2.24, 2.45) is 0 Å². The maximum Gasteiger partial charge on any atom is 0.0703 e. The molecule has 0 N–H and O–H groups in total. The van der Waals surface area contributed by atoms with Crippen LogP contribution in [0.2, 0.25) is 0 Å². The highest BCUT2D eigenvalue weighted by molar-refractivity contribution is 4.38. The maximum atomic E-state index is 5.32. The Balaban J connectivity index is 0. The van der Waals surface area contributed by atoms with Gasteiger partial charge in [0.25, 0.3) is 0 Å². The van der Waals surface area contributed by atoms with E-state index in [0.717, 1.165) is 6.61 Å². The second kappa shape index (κ2) is 27.7. The molecule has 0 fully saturated rings. The molecule has 8 nitrogen and oxygen atoms in total. The van der Waals surface area contributed by atoms with Crippen LogP contribution in [0.25, 0.3) is 0 Å². The summed E-state index contributed by atoms with van der Waals surface area (Å²) < 4.78 is 41.6. The Bertz CT molecular complexity index is 277. The van der Waals surface area contributed by atoms with Gasteiger partial charge in [-0.15, -0.1) is 0 Å². The third-order valence-corrected chi connectivity index (χ3v) is 3.11. The van der Waals surface area contributed by atoms with Crippen molar-refractivity contribution in [1.29, 1.82) is 0 Å². The first-order valence-corrected chi connectivity index (χ1v) is 10.6. The fourth-order valence-electron chi connectivity index (χ4n) is 1.73. The van der Waals surface area contributed by atoms with Gasteiger partial charge in [-0.2, -0.15) is 0 Å². The van der Waals surface area contributed by atoms with Crippen molar-refractivity contribution in [3.8, 4) is 0 Å². The molecule has 0 saturated carbocycles. The lowest BCUT2D eigenvalue weighted by molar-refractivity contribution is -0.0108. The maximum absolute atomic E-state index is 5.32. The zero-order valence-electron chi connectivity index (χ0n) is 19.6. The summed E-state index contributed by atoms with van der Waals surface area (Å²) in [5.74, 6) is 0. The molecular weight excluding hydrogens is 380 g/mol. The largest absolute Gasteiger partial charge is 0.382 e. The van der Waals surface area contributed by atoms with Gasteiger partial charge in [0, 0.05) is 13.7 Å². The van der Waals surface area contributed by atoms with Crippen molar-refractivity contribution >= 4 is 0 Å². The molecule has 0 unspecified atom stereocenters. The van der Waals surface area contributed by atoms with Crippen LogP contribution in [0.15, 0.2) is 0 Å². The Labute approximate surface area is 178 Å². The number of methoxy groups -OCH3 is 1. The van der Waals surface area contributed by atoms with E-state index < -0.39 is 0 Å². The Kier molecular flexibility index (Phi) is 29.5. The molecule has 0 spiro atoms. The minimum absolute atomic E-state index is 0.274. The zero-order valence-corrected chi connectivity index (χ0v) is 19.6. The molecule has 0 aliphatic heterocycles. The highest BCUT2D eigenvalue weighted by atomic mass is 16.6. The molecule has 0 radical (unpaired) electrons. The normalized spacial score (nSPS) is 11.2. The zero-order chi connectivity index (χ0) is 22.0. The van der Waals surface area contributed by atoms with Gasteiger partial charge in [0.2, 0.25) is 0 Å². The number of ether oxygens (including phenoxy) is 8. The standard InChI is InChI=1S/C11H24O4.C10H22O4/c1-4-12-5-6-13-7-8-14-9-10-15-11(2)3;1-10(2)14-9-8-13-7-6-12-5-4-11-3/h11H,4-10H2,1-3H3;10H,4-9H2,1-3H3. The minimum Gasteiger partial charge on any atom is -0.382 e. The van der Waals surface area contributed by atoms with Crippen LogP contribution in [0, 0.1) is 0 Å². The molecule has 0 amide bonds. The van der Waals surface area contributed by atoms with Gasteiger partial charge < -0.3 is 37.9 Å².